The summed E-state index contributed by atoms with van der Waals surface area (Å²) in [6.07, 6.45) is 2.62. The average Bonchev–Trinajstić information content (AvgIpc) is 3.81. The molecule has 9 nitrogen and oxygen atoms in total. The number of imidazole rings is 1. The van der Waals surface area contributed by atoms with Crippen LogP contribution in [0.5, 0.6) is 0 Å². The van der Waals surface area contributed by atoms with Crippen LogP contribution in [0, 0.1) is 35.5 Å². The minimum atomic E-state index is -4.25. The SMILES string of the molecule is Cc1c(CN2CCC(Nc3ncnc4sc(CC(F)(F)F)cc34)CC2)ccc2c1cc(C#N)n2CC12CC(Nc3cnc[nH]3)([C@H]1C)[C@H]2C. The number of benzene rings is 1. The molecule has 3 aliphatic carbocycles. The molecule has 0 radical (unpaired) electrons. The van der Waals surface area contributed by atoms with E-state index in [2.05, 4.69) is 85.1 Å². The van der Waals surface area contributed by atoms with Crippen LogP contribution in [0.3, 0.4) is 0 Å². The Labute approximate surface area is 280 Å². The Morgan fingerprint density at radius 3 is 2.60 bits per heavy atom. The summed E-state index contributed by atoms with van der Waals surface area (Å²) in [7, 11) is 0. The van der Waals surface area contributed by atoms with Gasteiger partial charge < -0.3 is 20.2 Å². The number of rotatable bonds is 9. The van der Waals surface area contributed by atoms with Gasteiger partial charge in [-0.1, -0.05) is 19.9 Å². The number of alkyl halides is 3. The van der Waals surface area contributed by atoms with E-state index >= 15 is 0 Å². The zero-order valence-electron chi connectivity index (χ0n) is 27.2. The predicted octanol–water partition coefficient (Wildman–Crippen LogP) is 7.26. The average molecular weight is 674 g/mol. The van der Waals surface area contributed by atoms with Crippen molar-refractivity contribution in [2.45, 2.75) is 77.3 Å². The van der Waals surface area contributed by atoms with E-state index in [4.69, 9.17) is 0 Å². The molecule has 2 bridgehead atoms. The third-order valence-corrected chi connectivity index (χ3v) is 12.9. The van der Waals surface area contributed by atoms with Gasteiger partial charge in [0, 0.05) is 59.0 Å². The van der Waals surface area contributed by atoms with Crippen LogP contribution in [0.2, 0.25) is 0 Å². The molecule has 13 heteroatoms. The number of aryl methyl sites for hydroxylation is 1. The fourth-order valence-corrected chi connectivity index (χ4v) is 9.99. The summed E-state index contributed by atoms with van der Waals surface area (Å²) in [5.74, 6) is 2.51. The molecule has 2 atom stereocenters. The first-order chi connectivity index (χ1) is 23.0. The van der Waals surface area contributed by atoms with Gasteiger partial charge >= 0.3 is 6.18 Å². The number of nitrogens with one attached hydrogen (secondary N) is 3. The monoisotopic (exact) mass is 673 g/mol. The molecule has 1 saturated heterocycles. The number of anilines is 2. The highest BCUT2D eigenvalue weighted by molar-refractivity contribution is 7.18. The van der Waals surface area contributed by atoms with Gasteiger partial charge in [0.1, 0.15) is 34.6 Å². The molecule has 9 rings (SSSR count). The van der Waals surface area contributed by atoms with Crippen molar-refractivity contribution in [3.63, 3.8) is 0 Å². The molecule has 250 valence electrons. The lowest BCUT2D eigenvalue weighted by Crippen LogP contribution is -2.84. The number of nitrogens with zero attached hydrogens (tertiary/aromatic N) is 6. The maximum Gasteiger partial charge on any atom is 0.393 e. The second kappa shape index (κ2) is 11.2. The number of halogens is 3. The second-order valence-electron chi connectivity index (χ2n) is 14.1. The van der Waals surface area contributed by atoms with Gasteiger partial charge in [-0.2, -0.15) is 18.4 Å². The van der Waals surface area contributed by atoms with Crippen molar-refractivity contribution < 1.29 is 13.2 Å². The maximum atomic E-state index is 13.0. The zero-order valence-corrected chi connectivity index (χ0v) is 28.0. The van der Waals surface area contributed by atoms with Gasteiger partial charge in [0.05, 0.1) is 24.3 Å². The number of hydrogen-bond acceptors (Lipinski definition) is 8. The number of aromatic nitrogens is 5. The van der Waals surface area contributed by atoms with Crippen LogP contribution >= 0.6 is 11.3 Å². The van der Waals surface area contributed by atoms with E-state index in [0.29, 0.717) is 33.6 Å². The van der Waals surface area contributed by atoms with Gasteiger partial charge in [0.2, 0.25) is 0 Å². The number of piperidine rings is 1. The Morgan fingerprint density at radius 1 is 1.12 bits per heavy atom. The smallest absolute Gasteiger partial charge is 0.367 e. The molecule has 5 heterocycles. The molecule has 4 aromatic heterocycles. The zero-order chi connectivity index (χ0) is 33.4. The lowest BCUT2D eigenvalue weighted by atomic mass is 9.28. The topological polar surface area (TPSA) is 110 Å². The Hall–Kier alpha value is -4.15. The standard InChI is InChI=1S/C35H38F3N9S/c1-20-23(15-46-8-6-24(7-9-46)44-31-28-11-26(12-35(36,37)38)48-32(28)43-19-42-31)4-5-29-27(20)10-25(13-39)47(29)17-33-16-34(21(33)2,22(33)3)45-30-14-40-18-41-30/h4-5,10-11,14,18-19,21-22,24,45H,6-9,12,15-17H2,1-3H3,(H,40,41)(H,42,43,44)/t21-,22-,33?,34?/m0/s1. The highest BCUT2D eigenvalue weighted by Gasteiger charge is 2.78. The predicted molar refractivity (Wildman–Crippen MR) is 181 cm³/mol. The van der Waals surface area contributed by atoms with Gasteiger partial charge in [-0.25, -0.2) is 15.0 Å². The molecule has 1 aromatic carbocycles. The number of fused-ring (bicyclic) bond motifs is 2. The summed E-state index contributed by atoms with van der Waals surface area (Å²) >= 11 is 1.07. The molecule has 3 N–H and O–H groups in total. The molecule has 0 amide bonds. The molecular weight excluding hydrogens is 636 g/mol. The van der Waals surface area contributed by atoms with Crippen LogP contribution in [-0.2, 0) is 19.5 Å². The minimum absolute atomic E-state index is 0.0689. The summed E-state index contributed by atoms with van der Waals surface area (Å²) in [5, 5.41) is 19.2. The first-order valence-electron chi connectivity index (χ1n) is 16.6. The molecule has 48 heavy (non-hydrogen) atoms. The van der Waals surface area contributed by atoms with Gasteiger partial charge in [-0.05, 0) is 67.3 Å². The Balaban J connectivity index is 0.929. The van der Waals surface area contributed by atoms with Gasteiger partial charge in [0.25, 0.3) is 0 Å². The van der Waals surface area contributed by atoms with Crippen LogP contribution < -0.4 is 10.6 Å². The number of H-pyrrole nitrogens is 1. The van der Waals surface area contributed by atoms with Crippen molar-refractivity contribution in [3.05, 3.63) is 64.8 Å². The molecule has 1 aliphatic heterocycles. The molecule has 4 fully saturated rings. The minimum Gasteiger partial charge on any atom is -0.367 e. The van der Waals surface area contributed by atoms with Crippen LogP contribution in [0.25, 0.3) is 21.1 Å². The van der Waals surface area contributed by atoms with Crippen molar-refractivity contribution in [2.24, 2.45) is 17.3 Å². The quantitative estimate of drug-likeness (QED) is 0.151. The molecule has 3 saturated carbocycles. The highest BCUT2D eigenvalue weighted by Crippen LogP contribution is 2.76. The lowest BCUT2D eigenvalue weighted by molar-refractivity contribution is -0.259. The summed E-state index contributed by atoms with van der Waals surface area (Å²) < 4.78 is 41.2. The lowest BCUT2D eigenvalue weighted by Gasteiger charge is -2.80. The van der Waals surface area contributed by atoms with Crippen molar-refractivity contribution in [1.82, 2.24) is 29.4 Å². The van der Waals surface area contributed by atoms with E-state index < -0.39 is 12.6 Å². The second-order valence-corrected chi connectivity index (χ2v) is 15.2. The molecule has 5 aromatic rings. The largest absolute Gasteiger partial charge is 0.393 e. The molecule has 0 spiro atoms. The normalized spacial score (nSPS) is 25.9. The number of aromatic amines is 1. The Kier molecular flexibility index (Phi) is 7.27. The fourth-order valence-electron chi connectivity index (χ4n) is 8.96. The highest BCUT2D eigenvalue weighted by atomic mass is 32.1. The summed E-state index contributed by atoms with van der Waals surface area (Å²) in [6, 6.07) is 10.7. The Bertz CT molecular complexity index is 2020. The third kappa shape index (κ3) is 4.94. The first kappa shape index (κ1) is 31.1. The van der Waals surface area contributed by atoms with Crippen molar-refractivity contribution >= 4 is 44.1 Å². The summed E-state index contributed by atoms with van der Waals surface area (Å²) in [5.41, 5.74) is 4.54. The van der Waals surface area contributed by atoms with Gasteiger partial charge in [-0.3, -0.25) is 4.90 Å². The fraction of sp³-hybridized carbons (Fsp3) is 0.486. The van der Waals surface area contributed by atoms with E-state index in [1.165, 1.54) is 17.5 Å². The van der Waals surface area contributed by atoms with Gasteiger partial charge in [0.15, 0.2) is 0 Å². The molecule has 0 unspecified atom stereocenters. The number of hydrogen-bond donors (Lipinski definition) is 3. The third-order valence-electron chi connectivity index (χ3n) is 11.9. The van der Waals surface area contributed by atoms with E-state index in [9.17, 15) is 18.4 Å². The molecule has 4 aliphatic rings. The number of thiophene rings is 1. The summed E-state index contributed by atoms with van der Waals surface area (Å²) in [4.78, 5) is 19.2. The van der Waals surface area contributed by atoms with E-state index in [1.807, 2.05) is 6.20 Å². The van der Waals surface area contributed by atoms with Crippen molar-refractivity contribution in [2.75, 3.05) is 23.7 Å². The van der Waals surface area contributed by atoms with Crippen molar-refractivity contribution in [3.8, 4) is 6.07 Å². The number of nitriles is 1. The van der Waals surface area contributed by atoms with E-state index in [1.54, 1.807) is 12.4 Å². The maximum absolute atomic E-state index is 13.0. The van der Waals surface area contributed by atoms with E-state index in [-0.39, 0.29) is 21.9 Å². The first-order valence-corrected chi connectivity index (χ1v) is 17.4. The molecular formula is C35H38F3N9S. The Morgan fingerprint density at radius 2 is 1.92 bits per heavy atom. The van der Waals surface area contributed by atoms with Crippen LogP contribution in [0.4, 0.5) is 24.8 Å². The van der Waals surface area contributed by atoms with Crippen LogP contribution in [0.15, 0.2) is 43.1 Å². The van der Waals surface area contributed by atoms with Crippen molar-refractivity contribution in [1.29, 1.82) is 5.26 Å². The number of likely N-dealkylation sites (tertiary alicyclic amines) is 1. The van der Waals surface area contributed by atoms with Crippen LogP contribution in [-0.4, -0.2) is 60.2 Å². The summed E-state index contributed by atoms with van der Waals surface area (Å²) in [6.45, 7) is 10.3. The van der Waals surface area contributed by atoms with Crippen LogP contribution in [0.1, 0.15) is 54.8 Å². The van der Waals surface area contributed by atoms with Gasteiger partial charge in [-0.15, -0.1) is 11.3 Å². The van der Waals surface area contributed by atoms with E-state index in [0.717, 1.165) is 73.5 Å².